The van der Waals surface area contributed by atoms with E-state index in [0.717, 1.165) is 0 Å². The Kier molecular flexibility index (Phi) is 9.01. The first-order valence-corrected chi connectivity index (χ1v) is 9.57. The minimum atomic E-state index is -9.23. The molecule has 4 nitrogen and oxygen atoms in total. The topological polar surface area (TPSA) is 72.4 Å². The van der Waals surface area contributed by atoms with Crippen LogP contribution in [0.2, 0.25) is 0 Å². The average Bonchev–Trinajstić information content (AvgIpc) is 2.62. The van der Waals surface area contributed by atoms with Crippen molar-refractivity contribution in [2.75, 3.05) is 0 Å². The summed E-state index contributed by atoms with van der Waals surface area (Å²) in [6, 6.07) is 0. The second kappa shape index (κ2) is 9.35. The normalized spacial score (nSPS) is 16.7. The van der Waals surface area contributed by atoms with E-state index < -0.39 is 80.3 Å². The number of rotatable bonds is 12. The van der Waals surface area contributed by atoms with Crippen molar-refractivity contribution >= 4 is 7.82 Å². The highest BCUT2D eigenvalue weighted by molar-refractivity contribution is 7.43. The summed E-state index contributed by atoms with van der Waals surface area (Å²) in [5, 5.41) is 0. The van der Waals surface area contributed by atoms with Gasteiger partial charge >= 0.3 is 59.7 Å². The maximum absolute atomic E-state index is 13.5. The van der Waals surface area contributed by atoms with Crippen LogP contribution in [-0.2, 0) is 9.09 Å². The Morgan fingerprint density at radius 1 is 0.447 bits per heavy atom. The zero-order valence-corrected chi connectivity index (χ0v) is 17.3. The smallest absolute Gasteiger partial charge is 0.429 e. The molecular formula is C12H4F21O4P-2. The van der Waals surface area contributed by atoms with Crippen molar-refractivity contribution in [2.45, 2.75) is 72.5 Å². The van der Waals surface area contributed by atoms with Gasteiger partial charge in [-0.3, -0.25) is 4.52 Å². The second-order valence-corrected chi connectivity index (χ2v) is 7.97. The number of phosphoric ester groups is 1. The lowest BCUT2D eigenvalue weighted by molar-refractivity contribution is -0.478. The van der Waals surface area contributed by atoms with E-state index in [9.17, 15) is 107 Å². The fraction of sp³-hybridized carbons (Fsp3) is 1.00. The predicted octanol–water partition coefficient (Wildman–Crippen LogP) is 5.85. The van der Waals surface area contributed by atoms with Gasteiger partial charge in [-0.25, -0.2) is 0 Å². The van der Waals surface area contributed by atoms with E-state index in [1.54, 1.807) is 0 Å². The standard InChI is InChI=1S/C12H6F21O4P/c13-3(14,1-2-4(15,16)17)5(18,19)6(20,21)7(22,23)8(24,25)9(26,27)10(28,29)11(30,31)12(32,33)37-38(34,35)36/h1-2H2,(H2,34,35,36)/p-2. The summed E-state index contributed by atoms with van der Waals surface area (Å²) in [7, 11) is -7.69. The molecule has 0 amide bonds. The van der Waals surface area contributed by atoms with Crippen molar-refractivity contribution in [3.63, 3.8) is 0 Å². The maximum atomic E-state index is 13.5. The van der Waals surface area contributed by atoms with Gasteiger partial charge in [-0.15, -0.1) is 0 Å². The van der Waals surface area contributed by atoms with Crippen molar-refractivity contribution in [2.24, 2.45) is 0 Å². The SMILES string of the molecule is O=P([O-])([O-])OC(F)(F)C(F)(F)C(F)(F)C(F)(F)C(F)(F)C(F)(F)C(F)(F)C(F)(F)C(F)(F)CCC(F)(F)F. The van der Waals surface area contributed by atoms with Crippen LogP contribution in [0.15, 0.2) is 0 Å². The minimum absolute atomic E-state index is 1.45. The molecular weight excluding hydrogens is 638 g/mol. The molecule has 0 N–H and O–H groups in total. The lowest BCUT2D eigenvalue weighted by atomic mass is 9.86. The third kappa shape index (κ3) is 5.60. The van der Waals surface area contributed by atoms with Crippen molar-refractivity contribution in [3.8, 4) is 0 Å². The molecule has 0 aliphatic heterocycles. The molecule has 0 bridgehead atoms. The summed E-state index contributed by atoms with van der Waals surface area (Å²) in [6.07, 6.45) is -20.8. The van der Waals surface area contributed by atoms with E-state index in [-0.39, 0.29) is 0 Å². The van der Waals surface area contributed by atoms with Crippen molar-refractivity contribution < 1.29 is 111 Å². The molecule has 38 heavy (non-hydrogen) atoms. The fourth-order valence-corrected chi connectivity index (χ4v) is 2.45. The molecule has 0 saturated carbocycles. The Labute approximate surface area is 192 Å². The molecule has 0 aromatic rings. The van der Waals surface area contributed by atoms with E-state index in [1.807, 2.05) is 0 Å². The Morgan fingerprint density at radius 3 is 0.974 bits per heavy atom. The summed E-state index contributed by atoms with van der Waals surface area (Å²) in [6.45, 7) is 0. The summed E-state index contributed by atoms with van der Waals surface area (Å²) >= 11 is 0. The van der Waals surface area contributed by atoms with Crippen molar-refractivity contribution in [1.29, 1.82) is 0 Å². The number of phosphoric acid groups is 1. The van der Waals surface area contributed by atoms with Gasteiger partial charge in [0.05, 0.1) is 7.82 Å². The molecule has 0 aliphatic rings. The molecule has 0 aromatic carbocycles. The Hall–Kier alpha value is -1.36. The molecule has 230 valence electrons. The summed E-state index contributed by atoms with van der Waals surface area (Å²) in [5.41, 5.74) is 0. The molecule has 0 radical (unpaired) electrons. The zero-order valence-electron chi connectivity index (χ0n) is 16.4. The van der Waals surface area contributed by atoms with Crippen LogP contribution in [0, 0.1) is 0 Å². The van der Waals surface area contributed by atoms with Gasteiger partial charge in [0.1, 0.15) is 0 Å². The van der Waals surface area contributed by atoms with Crippen LogP contribution >= 0.6 is 7.82 Å². The van der Waals surface area contributed by atoms with Gasteiger partial charge in [-0.2, -0.15) is 92.2 Å². The molecule has 0 saturated heterocycles. The minimum Gasteiger partial charge on any atom is -0.790 e. The van der Waals surface area contributed by atoms with E-state index in [2.05, 4.69) is 0 Å². The summed E-state index contributed by atoms with van der Waals surface area (Å²) in [4.78, 5) is 19.8. The summed E-state index contributed by atoms with van der Waals surface area (Å²) < 4.78 is 287. The first kappa shape index (κ1) is 36.6. The van der Waals surface area contributed by atoms with E-state index in [0.29, 0.717) is 0 Å². The number of hydrogen-bond donors (Lipinski definition) is 0. The van der Waals surface area contributed by atoms with Crippen LogP contribution in [0.25, 0.3) is 0 Å². The van der Waals surface area contributed by atoms with Crippen LogP contribution in [0.4, 0.5) is 92.2 Å². The van der Waals surface area contributed by atoms with Crippen molar-refractivity contribution in [1.82, 2.24) is 0 Å². The van der Waals surface area contributed by atoms with Gasteiger partial charge in [0.15, 0.2) is 0 Å². The highest BCUT2D eigenvalue weighted by Crippen LogP contribution is 2.66. The van der Waals surface area contributed by atoms with Crippen LogP contribution in [0.5, 0.6) is 0 Å². The Balaban J connectivity index is 6.91. The first-order chi connectivity index (χ1) is 15.9. The Morgan fingerprint density at radius 2 is 0.711 bits per heavy atom. The second-order valence-electron chi connectivity index (χ2n) is 6.90. The fourth-order valence-electron chi connectivity index (χ4n) is 2.05. The highest BCUT2D eigenvalue weighted by Gasteiger charge is 2.96. The average molecular weight is 642 g/mol. The number of alkyl halides is 21. The number of halogens is 21. The highest BCUT2D eigenvalue weighted by atomic mass is 31.2. The van der Waals surface area contributed by atoms with Gasteiger partial charge in [0.25, 0.3) is 0 Å². The van der Waals surface area contributed by atoms with Crippen LogP contribution in [-0.4, -0.2) is 59.7 Å². The van der Waals surface area contributed by atoms with Gasteiger partial charge < -0.3 is 14.4 Å². The molecule has 0 fully saturated rings. The van der Waals surface area contributed by atoms with Crippen molar-refractivity contribution in [3.05, 3.63) is 0 Å². The molecule has 0 aromatic heterocycles. The lowest BCUT2D eigenvalue weighted by Crippen LogP contribution is -2.76. The lowest BCUT2D eigenvalue weighted by Gasteiger charge is -2.45. The van der Waals surface area contributed by atoms with Crippen LogP contribution in [0.1, 0.15) is 12.8 Å². The largest absolute Gasteiger partial charge is 0.790 e. The van der Waals surface area contributed by atoms with Crippen LogP contribution in [0.3, 0.4) is 0 Å². The van der Waals surface area contributed by atoms with Gasteiger partial charge in [0.2, 0.25) is 0 Å². The third-order valence-corrected chi connectivity index (χ3v) is 4.59. The molecule has 0 atom stereocenters. The Bertz CT molecular complexity index is 902. The first-order valence-electron chi connectivity index (χ1n) is 8.11. The molecule has 26 heteroatoms. The monoisotopic (exact) mass is 642 g/mol. The summed E-state index contributed by atoms with van der Waals surface area (Å²) in [5.74, 6) is -69.5. The van der Waals surface area contributed by atoms with E-state index in [1.165, 1.54) is 4.52 Å². The molecule has 0 rings (SSSR count). The van der Waals surface area contributed by atoms with Crippen LogP contribution < -0.4 is 9.79 Å². The van der Waals surface area contributed by atoms with E-state index in [4.69, 9.17) is 0 Å². The van der Waals surface area contributed by atoms with Gasteiger partial charge in [-0.05, 0) is 0 Å². The molecule has 0 unspecified atom stereocenters. The molecule has 0 spiro atoms. The third-order valence-electron chi connectivity index (χ3n) is 4.14. The zero-order chi connectivity index (χ0) is 31.6. The predicted molar refractivity (Wildman–Crippen MR) is 68.5 cm³/mol. The van der Waals surface area contributed by atoms with Gasteiger partial charge in [0, 0.05) is 12.8 Å². The molecule has 0 heterocycles. The van der Waals surface area contributed by atoms with E-state index >= 15 is 0 Å². The van der Waals surface area contributed by atoms with Gasteiger partial charge in [-0.1, -0.05) is 0 Å². The number of hydrogen-bond acceptors (Lipinski definition) is 4. The maximum Gasteiger partial charge on any atom is 0.429 e. The quantitative estimate of drug-likeness (QED) is 0.198. The molecule has 0 aliphatic carbocycles.